The Labute approximate surface area is 135 Å². The van der Waals surface area contributed by atoms with E-state index < -0.39 is 23.5 Å². The summed E-state index contributed by atoms with van der Waals surface area (Å²) in [5.41, 5.74) is -0.330. The van der Waals surface area contributed by atoms with Crippen molar-refractivity contribution in [3.8, 4) is 5.75 Å². The number of nitrogens with one attached hydrogen (secondary N) is 1. The lowest BCUT2D eigenvalue weighted by Gasteiger charge is -2.11. The molecule has 0 aliphatic heterocycles. The van der Waals surface area contributed by atoms with Gasteiger partial charge in [-0.25, -0.2) is 4.39 Å². The van der Waals surface area contributed by atoms with E-state index in [4.69, 9.17) is 4.74 Å². The van der Waals surface area contributed by atoms with Crippen LogP contribution in [0.2, 0.25) is 0 Å². The van der Waals surface area contributed by atoms with Crippen LogP contribution in [0, 0.1) is 5.82 Å². The molecular formula is C17H13F4NO2. The fourth-order valence-electron chi connectivity index (χ4n) is 1.89. The van der Waals surface area contributed by atoms with Gasteiger partial charge in [0, 0.05) is 11.8 Å². The van der Waals surface area contributed by atoms with Crippen LogP contribution < -0.4 is 10.1 Å². The van der Waals surface area contributed by atoms with Crippen LogP contribution in [-0.4, -0.2) is 5.91 Å². The molecule has 0 fully saturated rings. The van der Waals surface area contributed by atoms with E-state index in [1.54, 1.807) is 0 Å². The third-order valence-electron chi connectivity index (χ3n) is 3.03. The summed E-state index contributed by atoms with van der Waals surface area (Å²) in [6, 6.07) is 8.33. The second-order valence-corrected chi connectivity index (χ2v) is 4.83. The number of carbonyl (C=O) groups excluding carboxylic acids is 1. The maximum absolute atomic E-state index is 13.9. The quantitative estimate of drug-likeness (QED) is 0.641. The molecular weight excluding hydrogens is 326 g/mol. The third kappa shape index (κ3) is 4.58. The van der Waals surface area contributed by atoms with Gasteiger partial charge in [-0.2, -0.15) is 13.2 Å². The predicted octanol–water partition coefficient (Wildman–Crippen LogP) is 4.55. The van der Waals surface area contributed by atoms with E-state index in [9.17, 15) is 22.4 Å². The molecule has 3 nitrogen and oxygen atoms in total. The summed E-state index contributed by atoms with van der Waals surface area (Å²) in [6.45, 7) is 3.05. The Morgan fingerprint density at radius 2 is 1.96 bits per heavy atom. The molecule has 2 aromatic carbocycles. The topological polar surface area (TPSA) is 38.3 Å². The van der Waals surface area contributed by atoms with Crippen LogP contribution in [0.4, 0.5) is 23.2 Å². The normalized spacial score (nSPS) is 11.0. The van der Waals surface area contributed by atoms with E-state index in [2.05, 4.69) is 11.9 Å². The van der Waals surface area contributed by atoms with Crippen LogP contribution in [0.1, 0.15) is 11.1 Å². The number of carbonyl (C=O) groups is 1. The van der Waals surface area contributed by atoms with E-state index in [-0.39, 0.29) is 23.6 Å². The highest BCUT2D eigenvalue weighted by Gasteiger charge is 2.30. The van der Waals surface area contributed by atoms with Crippen LogP contribution in [-0.2, 0) is 17.6 Å². The van der Waals surface area contributed by atoms with E-state index in [0.717, 1.165) is 24.3 Å². The second kappa shape index (κ2) is 7.16. The molecule has 0 spiro atoms. The molecule has 24 heavy (non-hydrogen) atoms. The lowest BCUT2D eigenvalue weighted by molar-refractivity contribution is -0.137. The minimum absolute atomic E-state index is 0.135. The molecule has 0 radical (unpaired) electrons. The minimum atomic E-state index is -4.45. The molecule has 0 aliphatic carbocycles. The van der Waals surface area contributed by atoms with E-state index in [1.807, 2.05) is 0 Å². The van der Waals surface area contributed by atoms with Gasteiger partial charge in [-0.1, -0.05) is 18.7 Å². The van der Waals surface area contributed by atoms with Gasteiger partial charge in [0.2, 0.25) is 5.91 Å². The Kier molecular flexibility index (Phi) is 5.23. The van der Waals surface area contributed by atoms with Gasteiger partial charge in [-0.05, 0) is 35.9 Å². The van der Waals surface area contributed by atoms with Crippen molar-refractivity contribution in [3.05, 3.63) is 72.1 Å². The molecule has 0 heterocycles. The van der Waals surface area contributed by atoms with Crippen molar-refractivity contribution in [3.63, 3.8) is 0 Å². The molecule has 0 aromatic heterocycles. The Morgan fingerprint density at radius 1 is 1.21 bits per heavy atom. The van der Waals surface area contributed by atoms with Crippen LogP contribution in [0.25, 0.3) is 0 Å². The molecule has 0 saturated carbocycles. The van der Waals surface area contributed by atoms with Crippen molar-refractivity contribution in [2.75, 3.05) is 5.32 Å². The monoisotopic (exact) mass is 339 g/mol. The third-order valence-corrected chi connectivity index (χ3v) is 3.03. The first-order chi connectivity index (χ1) is 11.3. The summed E-state index contributed by atoms with van der Waals surface area (Å²) >= 11 is 0. The summed E-state index contributed by atoms with van der Waals surface area (Å²) in [5.74, 6) is -1.38. The number of hydrogen-bond acceptors (Lipinski definition) is 2. The van der Waals surface area contributed by atoms with E-state index >= 15 is 0 Å². The van der Waals surface area contributed by atoms with Crippen molar-refractivity contribution < 1.29 is 27.1 Å². The average Bonchev–Trinajstić information content (AvgIpc) is 2.53. The summed E-state index contributed by atoms with van der Waals surface area (Å²) in [5, 5.41) is 2.38. The maximum atomic E-state index is 13.9. The van der Waals surface area contributed by atoms with Crippen LogP contribution in [0.3, 0.4) is 0 Å². The number of ether oxygens (including phenoxy) is 1. The largest absolute Gasteiger partial charge is 0.486 e. The Balaban J connectivity index is 2.07. The highest BCUT2D eigenvalue weighted by molar-refractivity contribution is 5.98. The van der Waals surface area contributed by atoms with Crippen molar-refractivity contribution in [2.24, 2.45) is 0 Å². The molecule has 2 rings (SSSR count). The first-order valence-electron chi connectivity index (χ1n) is 6.81. The molecule has 1 N–H and O–H groups in total. The number of alkyl halides is 3. The summed E-state index contributed by atoms with van der Waals surface area (Å²) in [6.07, 6.45) is -3.41. The van der Waals surface area contributed by atoms with Crippen molar-refractivity contribution in [1.29, 1.82) is 0 Å². The Bertz CT molecular complexity index is 756. The fraction of sp³-hybridized carbons (Fsp3) is 0.118. The predicted molar refractivity (Wildman–Crippen MR) is 81.0 cm³/mol. The number of anilines is 1. The molecule has 0 saturated heterocycles. The minimum Gasteiger partial charge on any atom is -0.486 e. The van der Waals surface area contributed by atoms with Crippen molar-refractivity contribution in [1.82, 2.24) is 0 Å². The molecule has 0 unspecified atom stereocenters. The van der Waals surface area contributed by atoms with Gasteiger partial charge in [-0.3, -0.25) is 4.79 Å². The van der Waals surface area contributed by atoms with Crippen LogP contribution in [0.15, 0.2) is 55.1 Å². The number of benzene rings is 2. The van der Waals surface area contributed by atoms with Gasteiger partial charge in [0.25, 0.3) is 0 Å². The summed E-state index contributed by atoms with van der Waals surface area (Å²) in [7, 11) is 0. The zero-order chi connectivity index (χ0) is 17.7. The van der Waals surface area contributed by atoms with E-state index in [1.165, 1.54) is 24.3 Å². The molecule has 126 valence electrons. The van der Waals surface area contributed by atoms with Crippen LogP contribution >= 0.6 is 0 Å². The second-order valence-electron chi connectivity index (χ2n) is 4.83. The number of amides is 1. The number of halogens is 4. The van der Waals surface area contributed by atoms with E-state index in [0.29, 0.717) is 0 Å². The van der Waals surface area contributed by atoms with Crippen molar-refractivity contribution in [2.45, 2.75) is 12.8 Å². The van der Waals surface area contributed by atoms with Gasteiger partial charge < -0.3 is 10.1 Å². The first kappa shape index (κ1) is 17.5. The first-order valence-corrected chi connectivity index (χ1v) is 6.81. The molecule has 0 atom stereocenters. The van der Waals surface area contributed by atoms with Gasteiger partial charge >= 0.3 is 6.18 Å². The number of rotatable bonds is 5. The lowest BCUT2D eigenvalue weighted by atomic mass is 10.1. The summed E-state index contributed by atoms with van der Waals surface area (Å²) in [4.78, 5) is 11.1. The lowest BCUT2D eigenvalue weighted by Crippen LogP contribution is -2.08. The van der Waals surface area contributed by atoms with Crippen molar-refractivity contribution >= 4 is 11.6 Å². The standard InChI is InChI=1S/C17H13F4NO2/c1-2-16(23)22-13-6-7-15(14(18)9-13)24-10-11-4-3-5-12(8-11)17(19,20)21/h2-9H,1,10H2,(H,22,23). The fourth-order valence-corrected chi connectivity index (χ4v) is 1.89. The SMILES string of the molecule is C=CC(=O)Nc1ccc(OCc2cccc(C(F)(F)F)c2)c(F)c1. The smallest absolute Gasteiger partial charge is 0.416 e. The maximum Gasteiger partial charge on any atom is 0.416 e. The van der Waals surface area contributed by atoms with Gasteiger partial charge in [0.15, 0.2) is 11.6 Å². The highest BCUT2D eigenvalue weighted by Crippen LogP contribution is 2.30. The van der Waals surface area contributed by atoms with Gasteiger partial charge in [0.05, 0.1) is 5.56 Å². The van der Waals surface area contributed by atoms with Gasteiger partial charge in [-0.15, -0.1) is 0 Å². The number of hydrogen-bond donors (Lipinski definition) is 1. The molecule has 7 heteroatoms. The zero-order valence-electron chi connectivity index (χ0n) is 12.4. The molecule has 2 aromatic rings. The highest BCUT2D eigenvalue weighted by atomic mass is 19.4. The Morgan fingerprint density at radius 3 is 2.58 bits per heavy atom. The zero-order valence-corrected chi connectivity index (χ0v) is 12.4. The molecule has 0 bridgehead atoms. The molecule has 1 amide bonds. The average molecular weight is 339 g/mol. The summed E-state index contributed by atoms with van der Waals surface area (Å²) < 4.78 is 57.0. The van der Waals surface area contributed by atoms with Gasteiger partial charge in [0.1, 0.15) is 6.61 Å². The Hall–Kier alpha value is -2.83. The van der Waals surface area contributed by atoms with Crippen LogP contribution in [0.5, 0.6) is 5.75 Å². The molecule has 0 aliphatic rings.